The van der Waals surface area contributed by atoms with E-state index in [4.69, 9.17) is 0 Å². The van der Waals surface area contributed by atoms with Crippen LogP contribution in [0.2, 0.25) is 0 Å². The summed E-state index contributed by atoms with van der Waals surface area (Å²) in [6, 6.07) is 0.518. The van der Waals surface area contributed by atoms with E-state index in [0.29, 0.717) is 24.3 Å². The summed E-state index contributed by atoms with van der Waals surface area (Å²) in [6.45, 7) is 1.67. The summed E-state index contributed by atoms with van der Waals surface area (Å²) < 4.78 is 26.2. The average molecular weight is 297 g/mol. The Labute approximate surface area is 117 Å². The van der Waals surface area contributed by atoms with Crippen molar-refractivity contribution in [2.45, 2.75) is 51.0 Å². The second-order valence-electron chi connectivity index (χ2n) is 5.38. The fraction of sp³-hybridized carbons (Fsp3) is 1.00. The number of nitrogens with one attached hydrogen (secondary N) is 2. The Balaban J connectivity index is 0.00000162. The van der Waals surface area contributed by atoms with Crippen molar-refractivity contribution in [3.8, 4) is 0 Å². The van der Waals surface area contributed by atoms with Gasteiger partial charge >= 0.3 is 0 Å². The van der Waals surface area contributed by atoms with Crippen molar-refractivity contribution in [1.29, 1.82) is 0 Å². The molecule has 0 radical (unpaired) electrons. The van der Waals surface area contributed by atoms with Crippen LogP contribution in [-0.4, -0.2) is 33.3 Å². The van der Waals surface area contributed by atoms with E-state index in [2.05, 4.69) is 10.0 Å². The van der Waals surface area contributed by atoms with Gasteiger partial charge in [0.05, 0.1) is 5.75 Å². The van der Waals surface area contributed by atoms with E-state index in [-0.39, 0.29) is 12.4 Å². The summed E-state index contributed by atoms with van der Waals surface area (Å²) in [7, 11) is -3.02. The quantitative estimate of drug-likeness (QED) is 0.751. The lowest BCUT2D eigenvalue weighted by Gasteiger charge is -2.24. The highest BCUT2D eigenvalue weighted by molar-refractivity contribution is 7.89. The zero-order chi connectivity index (χ0) is 12.1. The molecule has 2 fully saturated rings. The van der Waals surface area contributed by atoms with Gasteiger partial charge in [-0.25, -0.2) is 13.1 Å². The number of halogens is 1. The van der Waals surface area contributed by atoms with Crippen LogP contribution in [0, 0.1) is 5.92 Å². The highest BCUT2D eigenvalue weighted by Crippen LogP contribution is 2.29. The second kappa shape index (κ2) is 7.68. The van der Waals surface area contributed by atoms with Gasteiger partial charge in [0.2, 0.25) is 10.0 Å². The molecular formula is C12H25ClN2O2S. The van der Waals surface area contributed by atoms with E-state index < -0.39 is 10.0 Å². The Morgan fingerprint density at radius 1 is 1.11 bits per heavy atom. The van der Waals surface area contributed by atoms with Crippen LogP contribution < -0.4 is 10.0 Å². The SMILES string of the molecule is Cl.O=S(=O)(CCC1CCC1)NCC[C@H]1CCCN1. The van der Waals surface area contributed by atoms with Crippen molar-refractivity contribution in [2.75, 3.05) is 18.8 Å². The molecule has 0 spiro atoms. The molecule has 1 atom stereocenters. The zero-order valence-corrected chi connectivity index (χ0v) is 12.5. The third-order valence-corrected chi connectivity index (χ3v) is 5.41. The molecule has 18 heavy (non-hydrogen) atoms. The minimum Gasteiger partial charge on any atom is -0.314 e. The van der Waals surface area contributed by atoms with E-state index >= 15 is 0 Å². The molecule has 1 aliphatic heterocycles. The Kier molecular flexibility index (Phi) is 6.92. The lowest BCUT2D eigenvalue weighted by molar-refractivity contribution is 0.307. The van der Waals surface area contributed by atoms with Gasteiger partial charge in [-0.15, -0.1) is 12.4 Å². The van der Waals surface area contributed by atoms with Crippen molar-refractivity contribution in [1.82, 2.24) is 10.0 Å². The molecule has 1 saturated carbocycles. The molecule has 2 rings (SSSR count). The molecule has 2 N–H and O–H groups in total. The van der Waals surface area contributed by atoms with Crippen molar-refractivity contribution >= 4 is 22.4 Å². The summed E-state index contributed by atoms with van der Waals surface area (Å²) in [5.41, 5.74) is 0. The molecule has 1 saturated heterocycles. The smallest absolute Gasteiger partial charge is 0.211 e. The van der Waals surface area contributed by atoms with Gasteiger partial charge in [0, 0.05) is 12.6 Å². The van der Waals surface area contributed by atoms with E-state index in [1.54, 1.807) is 0 Å². The first kappa shape index (κ1) is 16.2. The molecule has 4 nitrogen and oxygen atoms in total. The van der Waals surface area contributed by atoms with Crippen LogP contribution in [0.15, 0.2) is 0 Å². The van der Waals surface area contributed by atoms with Crippen LogP contribution >= 0.6 is 12.4 Å². The third-order valence-electron chi connectivity index (χ3n) is 4.00. The second-order valence-corrected chi connectivity index (χ2v) is 7.31. The molecule has 0 unspecified atom stereocenters. The van der Waals surface area contributed by atoms with Gasteiger partial charge in [0.15, 0.2) is 0 Å². The number of sulfonamides is 1. The largest absolute Gasteiger partial charge is 0.314 e. The molecule has 1 aliphatic carbocycles. The van der Waals surface area contributed by atoms with Gasteiger partial charge < -0.3 is 5.32 Å². The Hall–Kier alpha value is 0.160. The molecule has 0 amide bonds. The molecule has 6 heteroatoms. The predicted octanol–water partition coefficient (Wildman–Crippen LogP) is 1.66. The zero-order valence-electron chi connectivity index (χ0n) is 10.9. The maximum Gasteiger partial charge on any atom is 0.211 e. The Bertz CT molecular complexity index is 325. The first-order chi connectivity index (χ1) is 8.16. The summed E-state index contributed by atoms with van der Waals surface area (Å²) in [6.07, 6.45) is 7.90. The van der Waals surface area contributed by atoms with Crippen LogP contribution in [0.4, 0.5) is 0 Å². The Morgan fingerprint density at radius 2 is 1.89 bits per heavy atom. The normalized spacial score (nSPS) is 24.6. The lowest BCUT2D eigenvalue weighted by atomic mass is 9.84. The minimum absolute atomic E-state index is 0. The van der Waals surface area contributed by atoms with Crippen molar-refractivity contribution in [2.24, 2.45) is 5.92 Å². The van der Waals surface area contributed by atoms with Crippen LogP contribution in [0.25, 0.3) is 0 Å². The maximum atomic E-state index is 11.7. The maximum absolute atomic E-state index is 11.7. The number of hydrogen-bond acceptors (Lipinski definition) is 3. The van der Waals surface area contributed by atoms with E-state index in [0.717, 1.165) is 19.4 Å². The first-order valence-corrected chi connectivity index (χ1v) is 8.52. The predicted molar refractivity (Wildman–Crippen MR) is 76.6 cm³/mol. The lowest BCUT2D eigenvalue weighted by Crippen LogP contribution is -2.32. The monoisotopic (exact) mass is 296 g/mol. The number of hydrogen-bond donors (Lipinski definition) is 2. The van der Waals surface area contributed by atoms with Crippen LogP contribution in [0.1, 0.15) is 44.9 Å². The van der Waals surface area contributed by atoms with E-state index in [1.807, 2.05) is 0 Å². The molecule has 0 aromatic heterocycles. The number of rotatable bonds is 7. The minimum atomic E-state index is -3.02. The highest BCUT2D eigenvalue weighted by Gasteiger charge is 2.21. The molecule has 0 aromatic rings. The van der Waals surface area contributed by atoms with Gasteiger partial charge in [-0.2, -0.15) is 0 Å². The first-order valence-electron chi connectivity index (χ1n) is 6.86. The van der Waals surface area contributed by atoms with Crippen molar-refractivity contribution in [3.63, 3.8) is 0 Å². The topological polar surface area (TPSA) is 58.2 Å². The highest BCUT2D eigenvalue weighted by atomic mass is 35.5. The molecule has 108 valence electrons. The summed E-state index contributed by atoms with van der Waals surface area (Å²) in [5.74, 6) is 0.985. The Morgan fingerprint density at radius 3 is 2.44 bits per heavy atom. The van der Waals surface area contributed by atoms with Crippen LogP contribution in [0.5, 0.6) is 0 Å². The summed E-state index contributed by atoms with van der Waals surface area (Å²) >= 11 is 0. The van der Waals surface area contributed by atoms with E-state index in [9.17, 15) is 8.42 Å². The van der Waals surface area contributed by atoms with Crippen molar-refractivity contribution in [3.05, 3.63) is 0 Å². The van der Waals surface area contributed by atoms with Gasteiger partial charge in [0.1, 0.15) is 0 Å². The summed E-state index contributed by atoms with van der Waals surface area (Å²) in [5, 5.41) is 3.38. The standard InChI is InChI=1S/C12H24N2O2S.ClH/c15-17(16,10-7-11-3-1-4-11)14-9-6-12-5-2-8-13-12;/h11-14H,1-10H2;1H/t12-;/m1./s1. The van der Waals surface area contributed by atoms with Crippen LogP contribution in [0.3, 0.4) is 0 Å². The van der Waals surface area contributed by atoms with Gasteiger partial charge in [-0.3, -0.25) is 0 Å². The fourth-order valence-electron chi connectivity index (χ4n) is 2.57. The average Bonchev–Trinajstić information content (AvgIpc) is 2.67. The molecule has 0 aromatic carbocycles. The molecule has 0 bridgehead atoms. The van der Waals surface area contributed by atoms with Gasteiger partial charge in [-0.05, 0) is 38.1 Å². The molecule has 1 heterocycles. The molecular weight excluding hydrogens is 272 g/mol. The molecule has 2 aliphatic rings. The van der Waals surface area contributed by atoms with Crippen molar-refractivity contribution < 1.29 is 8.42 Å². The van der Waals surface area contributed by atoms with Gasteiger partial charge in [0.25, 0.3) is 0 Å². The third kappa shape index (κ3) is 5.43. The van der Waals surface area contributed by atoms with E-state index in [1.165, 1.54) is 32.1 Å². The summed E-state index contributed by atoms with van der Waals surface area (Å²) in [4.78, 5) is 0. The van der Waals surface area contributed by atoms with Gasteiger partial charge in [-0.1, -0.05) is 19.3 Å². The fourth-order valence-corrected chi connectivity index (χ4v) is 3.78. The van der Waals surface area contributed by atoms with Crippen LogP contribution in [-0.2, 0) is 10.0 Å².